The van der Waals surface area contributed by atoms with E-state index in [-0.39, 0.29) is 0 Å². The Bertz CT molecular complexity index is 479. The van der Waals surface area contributed by atoms with Crippen molar-refractivity contribution in [2.24, 2.45) is 0 Å². The Morgan fingerprint density at radius 2 is 2.31 bits per heavy atom. The maximum Gasteiger partial charge on any atom is 0.226 e. The summed E-state index contributed by atoms with van der Waals surface area (Å²) in [5.74, 6) is 0.581. The molecular weight excluding hydrogens is 270 g/mol. The molecule has 2 rings (SSSR count). The van der Waals surface area contributed by atoms with Gasteiger partial charge < -0.3 is 9.52 Å². The minimum Gasteiger partial charge on any atom is -0.444 e. The number of nitrogens with zero attached hydrogens (tertiary/aromatic N) is 1. The fraction of sp³-hybridized carbons (Fsp3) is 0.250. The van der Waals surface area contributed by atoms with Gasteiger partial charge >= 0.3 is 0 Å². The van der Waals surface area contributed by atoms with E-state index in [4.69, 9.17) is 4.42 Å². The van der Waals surface area contributed by atoms with E-state index in [0.29, 0.717) is 12.3 Å². The molecule has 84 valence electrons. The molecule has 2 aromatic rings. The summed E-state index contributed by atoms with van der Waals surface area (Å²) in [6.45, 7) is 1.73. The quantitative estimate of drug-likeness (QED) is 0.941. The molecule has 0 radical (unpaired) electrons. The molecule has 16 heavy (non-hydrogen) atoms. The summed E-state index contributed by atoms with van der Waals surface area (Å²) >= 11 is 3.40. The minimum atomic E-state index is -0.402. The van der Waals surface area contributed by atoms with Gasteiger partial charge in [0.25, 0.3) is 0 Å². The standard InChI is InChI=1S/C12H12BrNO2/c1-8(15)5-11-7-16-12(14-11)9-3-2-4-10(13)6-9/h2-4,6-8,15H,5H2,1H3. The van der Waals surface area contributed by atoms with Crippen LogP contribution in [0.4, 0.5) is 0 Å². The molecule has 1 unspecified atom stereocenters. The Morgan fingerprint density at radius 1 is 1.50 bits per heavy atom. The lowest BCUT2D eigenvalue weighted by molar-refractivity contribution is 0.194. The summed E-state index contributed by atoms with van der Waals surface area (Å²) in [5.41, 5.74) is 1.69. The molecule has 1 atom stereocenters. The lowest BCUT2D eigenvalue weighted by Gasteiger charge is -1.98. The van der Waals surface area contributed by atoms with Gasteiger partial charge in [-0.1, -0.05) is 22.0 Å². The molecule has 0 spiro atoms. The van der Waals surface area contributed by atoms with Crippen LogP contribution in [-0.4, -0.2) is 16.2 Å². The van der Waals surface area contributed by atoms with Crippen LogP contribution in [0.25, 0.3) is 11.5 Å². The normalized spacial score (nSPS) is 12.7. The minimum absolute atomic E-state index is 0.402. The fourth-order valence-corrected chi connectivity index (χ4v) is 1.86. The number of oxazole rings is 1. The Kier molecular flexibility index (Phi) is 3.41. The van der Waals surface area contributed by atoms with E-state index in [9.17, 15) is 5.11 Å². The number of aromatic nitrogens is 1. The Morgan fingerprint density at radius 3 is 3.00 bits per heavy atom. The van der Waals surface area contributed by atoms with Gasteiger partial charge in [-0.3, -0.25) is 0 Å². The van der Waals surface area contributed by atoms with Gasteiger partial charge in [-0.05, 0) is 25.1 Å². The van der Waals surface area contributed by atoms with Crippen molar-refractivity contribution < 1.29 is 9.52 Å². The van der Waals surface area contributed by atoms with Crippen molar-refractivity contribution in [2.75, 3.05) is 0 Å². The molecular formula is C12H12BrNO2. The molecule has 0 aliphatic heterocycles. The lowest BCUT2D eigenvalue weighted by atomic mass is 10.2. The van der Waals surface area contributed by atoms with E-state index in [1.165, 1.54) is 0 Å². The fourth-order valence-electron chi connectivity index (χ4n) is 1.46. The number of benzene rings is 1. The number of aliphatic hydroxyl groups is 1. The molecule has 1 heterocycles. The molecule has 3 nitrogen and oxygen atoms in total. The van der Waals surface area contributed by atoms with E-state index in [1.54, 1.807) is 13.2 Å². The number of hydrogen-bond donors (Lipinski definition) is 1. The third-order valence-electron chi connectivity index (χ3n) is 2.13. The largest absolute Gasteiger partial charge is 0.444 e. The second kappa shape index (κ2) is 4.80. The summed E-state index contributed by atoms with van der Waals surface area (Å²) in [6, 6.07) is 7.75. The van der Waals surface area contributed by atoms with Crippen LogP contribution in [0, 0.1) is 0 Å². The maximum atomic E-state index is 9.24. The Labute approximate surface area is 102 Å². The van der Waals surface area contributed by atoms with Gasteiger partial charge in [-0.25, -0.2) is 4.98 Å². The number of hydrogen-bond acceptors (Lipinski definition) is 3. The van der Waals surface area contributed by atoms with Crippen LogP contribution in [0.5, 0.6) is 0 Å². The van der Waals surface area contributed by atoms with Crippen molar-refractivity contribution >= 4 is 15.9 Å². The monoisotopic (exact) mass is 281 g/mol. The van der Waals surface area contributed by atoms with Crippen molar-refractivity contribution in [1.82, 2.24) is 4.98 Å². The van der Waals surface area contributed by atoms with E-state index >= 15 is 0 Å². The predicted molar refractivity (Wildman–Crippen MR) is 65.0 cm³/mol. The van der Waals surface area contributed by atoms with E-state index in [1.807, 2.05) is 24.3 Å². The van der Waals surface area contributed by atoms with Crippen molar-refractivity contribution in [3.05, 3.63) is 40.7 Å². The van der Waals surface area contributed by atoms with Crippen molar-refractivity contribution in [2.45, 2.75) is 19.4 Å². The molecule has 4 heteroatoms. The first kappa shape index (κ1) is 11.4. The van der Waals surface area contributed by atoms with Crippen LogP contribution in [0.1, 0.15) is 12.6 Å². The zero-order chi connectivity index (χ0) is 11.5. The molecule has 0 saturated carbocycles. The van der Waals surface area contributed by atoms with Crippen molar-refractivity contribution in [1.29, 1.82) is 0 Å². The first-order valence-electron chi connectivity index (χ1n) is 5.03. The summed E-state index contributed by atoms with van der Waals surface area (Å²) in [6.07, 6.45) is 1.70. The van der Waals surface area contributed by atoms with Crippen molar-refractivity contribution in [3.8, 4) is 11.5 Å². The van der Waals surface area contributed by atoms with Crippen LogP contribution >= 0.6 is 15.9 Å². The Balaban J connectivity index is 2.24. The van der Waals surface area contributed by atoms with Gasteiger partial charge in [0.1, 0.15) is 6.26 Å². The SMILES string of the molecule is CC(O)Cc1coc(-c2cccc(Br)c2)n1. The molecule has 0 bridgehead atoms. The zero-order valence-corrected chi connectivity index (χ0v) is 10.4. The van der Waals surface area contributed by atoms with Gasteiger partial charge in [0.15, 0.2) is 0 Å². The van der Waals surface area contributed by atoms with Crippen LogP contribution in [0.2, 0.25) is 0 Å². The number of rotatable bonds is 3. The van der Waals surface area contributed by atoms with Gasteiger partial charge in [-0.2, -0.15) is 0 Å². The molecule has 0 aliphatic carbocycles. The molecule has 0 aliphatic rings. The third-order valence-corrected chi connectivity index (χ3v) is 2.62. The lowest BCUT2D eigenvalue weighted by Crippen LogP contribution is -2.04. The molecule has 1 aromatic carbocycles. The highest BCUT2D eigenvalue weighted by atomic mass is 79.9. The van der Waals surface area contributed by atoms with Gasteiger partial charge in [-0.15, -0.1) is 0 Å². The second-order valence-corrected chi connectivity index (χ2v) is 4.62. The van der Waals surface area contributed by atoms with Crippen LogP contribution < -0.4 is 0 Å². The Hall–Kier alpha value is -1.13. The predicted octanol–water partition coefficient (Wildman–Crippen LogP) is 3.03. The van der Waals surface area contributed by atoms with E-state index in [2.05, 4.69) is 20.9 Å². The van der Waals surface area contributed by atoms with Gasteiger partial charge in [0.2, 0.25) is 5.89 Å². The van der Waals surface area contributed by atoms with Crippen LogP contribution in [-0.2, 0) is 6.42 Å². The van der Waals surface area contributed by atoms with Crippen molar-refractivity contribution in [3.63, 3.8) is 0 Å². The smallest absolute Gasteiger partial charge is 0.226 e. The topological polar surface area (TPSA) is 46.3 Å². The van der Waals surface area contributed by atoms with Crippen LogP contribution in [0.3, 0.4) is 0 Å². The number of aliphatic hydroxyl groups excluding tert-OH is 1. The van der Waals surface area contributed by atoms with E-state index < -0.39 is 6.10 Å². The molecule has 1 N–H and O–H groups in total. The second-order valence-electron chi connectivity index (χ2n) is 3.71. The first-order valence-corrected chi connectivity index (χ1v) is 5.83. The van der Waals surface area contributed by atoms with Gasteiger partial charge in [0, 0.05) is 16.5 Å². The molecule has 0 fully saturated rings. The molecule has 0 amide bonds. The summed E-state index contributed by atoms with van der Waals surface area (Å²) in [4.78, 5) is 4.31. The first-order chi connectivity index (χ1) is 7.65. The molecule has 0 saturated heterocycles. The number of halogens is 1. The third kappa shape index (κ3) is 2.71. The highest BCUT2D eigenvalue weighted by Gasteiger charge is 2.08. The molecule has 1 aromatic heterocycles. The highest BCUT2D eigenvalue weighted by molar-refractivity contribution is 9.10. The van der Waals surface area contributed by atoms with Crippen LogP contribution in [0.15, 0.2) is 39.4 Å². The summed E-state index contributed by atoms with van der Waals surface area (Å²) in [7, 11) is 0. The maximum absolute atomic E-state index is 9.24. The van der Waals surface area contributed by atoms with E-state index in [0.717, 1.165) is 15.7 Å². The summed E-state index contributed by atoms with van der Waals surface area (Å²) in [5, 5.41) is 9.24. The highest BCUT2D eigenvalue weighted by Crippen LogP contribution is 2.22. The van der Waals surface area contributed by atoms with Gasteiger partial charge in [0.05, 0.1) is 11.8 Å². The summed E-state index contributed by atoms with van der Waals surface area (Å²) < 4.78 is 6.35. The zero-order valence-electron chi connectivity index (χ0n) is 8.85. The average Bonchev–Trinajstić information content (AvgIpc) is 2.65. The average molecular weight is 282 g/mol.